The van der Waals surface area contributed by atoms with Crippen molar-refractivity contribution in [2.45, 2.75) is 11.8 Å². The number of hydrogen-bond acceptors (Lipinski definition) is 5. The summed E-state index contributed by atoms with van der Waals surface area (Å²) in [5, 5.41) is 0.650. The molecule has 0 saturated carbocycles. The van der Waals surface area contributed by atoms with Gasteiger partial charge in [-0.2, -0.15) is 0 Å². The second-order valence-electron chi connectivity index (χ2n) is 7.38. The van der Waals surface area contributed by atoms with E-state index in [2.05, 4.69) is 31.7 Å². The molecule has 1 heterocycles. The van der Waals surface area contributed by atoms with Crippen LogP contribution in [-0.2, 0) is 0 Å². The average molecular weight is 453 g/mol. The zero-order valence-electron chi connectivity index (χ0n) is 17.2. The van der Waals surface area contributed by atoms with Crippen LogP contribution in [0.5, 0.6) is 0 Å². The van der Waals surface area contributed by atoms with Gasteiger partial charge in [-0.3, -0.25) is 9.59 Å². The van der Waals surface area contributed by atoms with Crippen LogP contribution in [0.25, 0.3) is 22.2 Å². The molecule has 0 atom stereocenters. The molecule has 0 aliphatic rings. The molecular weight excluding hydrogens is 432 g/mol. The first-order chi connectivity index (χ1) is 14.8. The molecule has 158 valence electrons. The first-order valence-electron chi connectivity index (χ1n) is 9.59. The van der Waals surface area contributed by atoms with Crippen molar-refractivity contribution in [3.8, 4) is 11.1 Å². The van der Waals surface area contributed by atoms with Gasteiger partial charge in [0.15, 0.2) is 0 Å². The van der Waals surface area contributed by atoms with Crippen LogP contribution in [0.2, 0.25) is 5.02 Å². The summed E-state index contributed by atoms with van der Waals surface area (Å²) < 4.78 is 3.31. The number of nitrogens with zero attached hydrogens (tertiary/aromatic N) is 1. The van der Waals surface area contributed by atoms with E-state index in [1.54, 1.807) is 0 Å². The summed E-state index contributed by atoms with van der Waals surface area (Å²) in [7, 11) is 4.02. The van der Waals surface area contributed by atoms with E-state index in [1.165, 1.54) is 11.9 Å². The molecule has 0 saturated heterocycles. The van der Waals surface area contributed by atoms with Crippen molar-refractivity contribution in [1.29, 1.82) is 0 Å². The minimum absolute atomic E-state index is 0.577. The Morgan fingerprint density at radius 1 is 0.903 bits per heavy atom. The summed E-state index contributed by atoms with van der Waals surface area (Å²) in [4.78, 5) is 31.3. The van der Waals surface area contributed by atoms with Crippen molar-refractivity contribution < 1.29 is 0 Å². The van der Waals surface area contributed by atoms with Crippen LogP contribution in [0.3, 0.4) is 0 Å². The fraction of sp³-hybridized carbons (Fsp3) is 0.130. The summed E-state index contributed by atoms with van der Waals surface area (Å²) in [6.45, 7) is 1.95. The third-order valence-electron chi connectivity index (χ3n) is 4.94. The quantitative estimate of drug-likeness (QED) is 0.292. The molecule has 3 N–H and O–H groups in total. The maximum absolute atomic E-state index is 11.6. The van der Waals surface area contributed by atoms with Gasteiger partial charge in [0.05, 0.1) is 16.1 Å². The Labute approximate surface area is 188 Å². The Hall–Kier alpha value is -3.16. The molecule has 4 aromatic rings. The number of halogens is 1. The van der Waals surface area contributed by atoms with Crippen LogP contribution in [0.1, 0.15) is 5.56 Å². The van der Waals surface area contributed by atoms with Crippen LogP contribution >= 0.6 is 23.5 Å². The van der Waals surface area contributed by atoms with Gasteiger partial charge >= 0.3 is 11.1 Å². The van der Waals surface area contributed by atoms with Gasteiger partial charge in [0.1, 0.15) is 0 Å². The summed E-state index contributed by atoms with van der Waals surface area (Å²) >= 11 is 8.04. The minimum atomic E-state index is -0.666. The maximum atomic E-state index is 11.6. The highest BCUT2D eigenvalue weighted by Crippen LogP contribution is 2.37. The number of aryl methyl sites for hydroxylation is 1. The number of fused-ring (bicyclic) bond motifs is 1. The molecule has 3 aromatic carbocycles. The summed E-state index contributed by atoms with van der Waals surface area (Å²) in [6, 6.07) is 17.7. The van der Waals surface area contributed by atoms with Crippen molar-refractivity contribution in [3.63, 3.8) is 0 Å². The highest BCUT2D eigenvalue weighted by Gasteiger charge is 2.11. The summed E-state index contributed by atoms with van der Waals surface area (Å²) in [6.07, 6.45) is 0. The molecule has 6 nitrogen and oxygen atoms in total. The number of anilines is 2. The van der Waals surface area contributed by atoms with E-state index in [0.717, 1.165) is 33.0 Å². The fourth-order valence-electron chi connectivity index (χ4n) is 3.37. The zero-order valence-corrected chi connectivity index (χ0v) is 18.8. The molecule has 4 rings (SSSR count). The third kappa shape index (κ3) is 4.33. The second kappa shape index (κ2) is 8.53. The molecule has 1 aromatic heterocycles. The first kappa shape index (κ1) is 21.1. The Morgan fingerprint density at radius 3 is 2.26 bits per heavy atom. The number of hydrogen-bond donors (Lipinski definition) is 3. The molecule has 0 aliphatic carbocycles. The molecule has 0 unspecified atom stereocenters. The lowest BCUT2D eigenvalue weighted by atomic mass is 10.0. The maximum Gasteiger partial charge on any atom is 0.314 e. The SMILES string of the molecule is Cc1cc2[nH]c(=O)c(=O)[nH]c2cc1SNc1ccc(-c2ccccc2N(C)C)c(Cl)c1. The largest absolute Gasteiger partial charge is 0.377 e. The van der Waals surface area contributed by atoms with Gasteiger partial charge in [0.2, 0.25) is 0 Å². The van der Waals surface area contributed by atoms with Crippen LogP contribution in [-0.4, -0.2) is 24.1 Å². The molecule has 0 bridgehead atoms. The highest BCUT2D eigenvalue weighted by molar-refractivity contribution is 8.00. The van der Waals surface area contributed by atoms with Crippen molar-refractivity contribution >= 4 is 46.0 Å². The van der Waals surface area contributed by atoms with E-state index in [9.17, 15) is 9.59 Å². The third-order valence-corrected chi connectivity index (χ3v) is 6.25. The van der Waals surface area contributed by atoms with Gasteiger partial charge in [-0.15, -0.1) is 0 Å². The smallest absolute Gasteiger partial charge is 0.314 e. The first-order valence-corrected chi connectivity index (χ1v) is 10.8. The molecule has 0 aliphatic heterocycles. The summed E-state index contributed by atoms with van der Waals surface area (Å²) in [5.74, 6) is 0. The molecular formula is C23H21ClN4O2S. The van der Waals surface area contributed by atoms with Crippen molar-refractivity contribution in [3.05, 3.63) is 85.9 Å². The van der Waals surface area contributed by atoms with Crippen LogP contribution in [0, 0.1) is 6.92 Å². The monoisotopic (exact) mass is 452 g/mol. The lowest BCUT2D eigenvalue weighted by Crippen LogP contribution is -2.28. The Kier molecular flexibility index (Phi) is 5.80. The van der Waals surface area contributed by atoms with Crippen molar-refractivity contribution in [2.24, 2.45) is 0 Å². The molecule has 0 amide bonds. The zero-order chi connectivity index (χ0) is 22.1. The average Bonchev–Trinajstić information content (AvgIpc) is 2.74. The summed E-state index contributed by atoms with van der Waals surface area (Å²) in [5.41, 5.74) is 4.80. The van der Waals surface area contributed by atoms with Crippen LogP contribution in [0.4, 0.5) is 11.4 Å². The number of para-hydroxylation sites is 1. The van der Waals surface area contributed by atoms with Crippen LogP contribution in [0.15, 0.2) is 69.1 Å². The van der Waals surface area contributed by atoms with Gasteiger partial charge in [-0.05, 0) is 54.8 Å². The molecule has 8 heteroatoms. The molecule has 0 radical (unpaired) electrons. The van der Waals surface area contributed by atoms with E-state index in [0.29, 0.717) is 16.1 Å². The standard InChI is InChI=1S/C23H21ClN4O2S/c1-13-10-18-19(26-23(30)22(29)25-18)12-21(13)31-27-14-8-9-15(17(24)11-14)16-6-4-5-7-20(16)28(2)3/h4-12,27H,1-3H3,(H,25,29)(H,26,30). The van der Waals surface area contributed by atoms with Gasteiger partial charge in [0, 0.05) is 41.5 Å². The number of H-pyrrole nitrogens is 2. The number of rotatable bonds is 5. The number of benzene rings is 3. The Bertz CT molecular complexity index is 1390. The minimum Gasteiger partial charge on any atom is -0.377 e. The van der Waals surface area contributed by atoms with E-state index in [4.69, 9.17) is 11.6 Å². The van der Waals surface area contributed by atoms with Gasteiger partial charge in [0.25, 0.3) is 0 Å². The fourth-order valence-corrected chi connectivity index (χ4v) is 4.40. The Balaban J connectivity index is 1.60. The van der Waals surface area contributed by atoms with E-state index >= 15 is 0 Å². The van der Waals surface area contributed by atoms with Gasteiger partial charge < -0.3 is 19.6 Å². The lowest BCUT2D eigenvalue weighted by molar-refractivity contribution is 1.13. The molecule has 0 fully saturated rings. The molecule has 0 spiro atoms. The highest BCUT2D eigenvalue weighted by atomic mass is 35.5. The van der Waals surface area contributed by atoms with Gasteiger partial charge in [-0.25, -0.2) is 0 Å². The number of aromatic amines is 2. The lowest BCUT2D eigenvalue weighted by Gasteiger charge is -2.18. The molecule has 31 heavy (non-hydrogen) atoms. The Morgan fingerprint density at radius 2 is 1.58 bits per heavy atom. The number of nitrogens with one attached hydrogen (secondary N) is 3. The van der Waals surface area contributed by atoms with Gasteiger partial charge in [-0.1, -0.05) is 35.9 Å². The van der Waals surface area contributed by atoms with Crippen molar-refractivity contribution in [2.75, 3.05) is 23.7 Å². The topological polar surface area (TPSA) is 81.0 Å². The predicted octanol–water partition coefficient (Wildman–Crippen LogP) is 5.03. The van der Waals surface area contributed by atoms with E-state index in [1.807, 2.05) is 63.5 Å². The van der Waals surface area contributed by atoms with E-state index in [-0.39, 0.29) is 0 Å². The van der Waals surface area contributed by atoms with Crippen molar-refractivity contribution in [1.82, 2.24) is 9.97 Å². The van der Waals surface area contributed by atoms with E-state index < -0.39 is 11.1 Å². The predicted molar refractivity (Wildman–Crippen MR) is 131 cm³/mol. The normalized spacial score (nSPS) is 11.0. The van der Waals surface area contributed by atoms with Crippen LogP contribution < -0.4 is 20.7 Å². The second-order valence-corrected chi connectivity index (χ2v) is 8.64. The number of aromatic nitrogens is 2.